The van der Waals surface area contributed by atoms with E-state index in [1.54, 1.807) is 0 Å². The molecule has 0 spiro atoms. The van der Waals surface area contributed by atoms with Crippen LogP contribution in [0.15, 0.2) is 192 Å². The second kappa shape index (κ2) is 12.1. The van der Waals surface area contributed by atoms with Crippen molar-refractivity contribution in [2.75, 3.05) is 0 Å². The van der Waals surface area contributed by atoms with Gasteiger partial charge < -0.3 is 8.98 Å². The van der Waals surface area contributed by atoms with Crippen molar-refractivity contribution in [3.63, 3.8) is 0 Å². The van der Waals surface area contributed by atoms with E-state index in [1.807, 2.05) is 24.3 Å². The summed E-state index contributed by atoms with van der Waals surface area (Å²) < 4.78 is 9.01. The Hall–Kier alpha value is -7.30. The van der Waals surface area contributed by atoms with Gasteiger partial charge in [0.2, 0.25) is 0 Å². The second-order valence-corrected chi connectivity index (χ2v) is 13.8. The normalized spacial score (nSPS) is 11.7. The van der Waals surface area contributed by atoms with Crippen LogP contribution in [0.1, 0.15) is 0 Å². The molecule has 252 valence electrons. The molecule has 0 atom stereocenters. The zero-order valence-electron chi connectivity index (χ0n) is 29.1. The minimum absolute atomic E-state index is 0.670. The highest BCUT2D eigenvalue weighted by atomic mass is 16.3. The summed E-state index contributed by atoms with van der Waals surface area (Å²) in [5.41, 5.74) is 13.5. The molecule has 0 bridgehead atoms. The average Bonchev–Trinajstić information content (AvgIpc) is 3.79. The van der Waals surface area contributed by atoms with Gasteiger partial charge in [0.25, 0.3) is 0 Å². The molecule has 8 aromatic carbocycles. The molecule has 3 aromatic heterocycles. The maximum Gasteiger partial charge on any atom is 0.161 e. The third kappa shape index (κ3) is 4.85. The fraction of sp³-hybridized carbons (Fsp3) is 0. The summed E-state index contributed by atoms with van der Waals surface area (Å²) in [4.78, 5) is 10.4. The molecule has 0 saturated heterocycles. The van der Waals surface area contributed by atoms with E-state index in [9.17, 15) is 0 Å². The lowest BCUT2D eigenvalue weighted by molar-refractivity contribution is 0.668. The Bertz CT molecular complexity index is 3200. The second-order valence-electron chi connectivity index (χ2n) is 13.8. The molecule has 0 amide bonds. The van der Waals surface area contributed by atoms with Crippen LogP contribution in [0.2, 0.25) is 0 Å². The number of aromatic nitrogens is 3. The maximum absolute atomic E-state index is 6.66. The maximum atomic E-state index is 6.66. The molecule has 4 heteroatoms. The summed E-state index contributed by atoms with van der Waals surface area (Å²) in [6.07, 6.45) is 0. The van der Waals surface area contributed by atoms with Gasteiger partial charge in [-0.2, -0.15) is 0 Å². The molecule has 11 aromatic rings. The minimum atomic E-state index is 0.670. The molecule has 0 N–H and O–H groups in total. The van der Waals surface area contributed by atoms with Gasteiger partial charge in [0.1, 0.15) is 11.2 Å². The lowest BCUT2D eigenvalue weighted by Crippen LogP contribution is -1.96. The van der Waals surface area contributed by atoms with E-state index in [2.05, 4.69) is 168 Å². The van der Waals surface area contributed by atoms with Crippen LogP contribution in [0, 0.1) is 0 Å². The van der Waals surface area contributed by atoms with Crippen molar-refractivity contribution < 1.29 is 4.42 Å². The van der Waals surface area contributed by atoms with Gasteiger partial charge in [-0.25, -0.2) is 9.97 Å². The van der Waals surface area contributed by atoms with Gasteiger partial charge in [-0.3, -0.25) is 0 Å². The predicted molar refractivity (Wildman–Crippen MR) is 223 cm³/mol. The zero-order valence-corrected chi connectivity index (χ0v) is 29.1. The van der Waals surface area contributed by atoms with Crippen molar-refractivity contribution in [2.24, 2.45) is 0 Å². The molecule has 3 heterocycles. The summed E-state index contributed by atoms with van der Waals surface area (Å²) in [5.74, 6) is 0.670. The molecule has 0 aliphatic heterocycles. The van der Waals surface area contributed by atoms with E-state index in [4.69, 9.17) is 14.4 Å². The van der Waals surface area contributed by atoms with Crippen molar-refractivity contribution in [2.45, 2.75) is 0 Å². The first-order valence-corrected chi connectivity index (χ1v) is 18.2. The molecule has 0 aliphatic rings. The summed E-state index contributed by atoms with van der Waals surface area (Å²) in [6, 6.07) is 66.1. The molecule has 0 unspecified atom stereocenters. The number of benzene rings is 8. The number of hydrogen-bond acceptors (Lipinski definition) is 3. The molecular weight excluding hydrogens is 659 g/mol. The lowest BCUT2D eigenvalue weighted by atomic mass is 10.0. The Balaban J connectivity index is 1.07. The fourth-order valence-electron chi connectivity index (χ4n) is 8.07. The van der Waals surface area contributed by atoms with Gasteiger partial charge in [0, 0.05) is 49.8 Å². The minimum Gasteiger partial charge on any atom is -0.456 e. The smallest absolute Gasteiger partial charge is 0.161 e. The van der Waals surface area contributed by atoms with Crippen LogP contribution in [0.3, 0.4) is 0 Å². The largest absolute Gasteiger partial charge is 0.456 e. The van der Waals surface area contributed by atoms with Crippen LogP contribution in [0.5, 0.6) is 0 Å². The summed E-state index contributed by atoms with van der Waals surface area (Å²) in [5, 5.41) is 5.49. The Morgan fingerprint density at radius 3 is 1.83 bits per heavy atom. The van der Waals surface area contributed by atoms with Crippen molar-refractivity contribution in [1.29, 1.82) is 0 Å². The molecule has 0 aliphatic carbocycles. The van der Waals surface area contributed by atoms with E-state index in [0.29, 0.717) is 5.82 Å². The van der Waals surface area contributed by atoms with Crippen LogP contribution in [-0.4, -0.2) is 14.5 Å². The number of hydrogen-bond donors (Lipinski definition) is 0. The van der Waals surface area contributed by atoms with Crippen LogP contribution in [0.4, 0.5) is 0 Å². The summed E-state index contributed by atoms with van der Waals surface area (Å²) in [7, 11) is 0. The monoisotopic (exact) mass is 689 g/mol. The van der Waals surface area contributed by atoms with Crippen molar-refractivity contribution in [3.05, 3.63) is 188 Å². The standard InChI is InChI=1S/C50H31N3O/c1-3-12-32(13-4-1)34-22-24-35(25-23-34)49-40-17-7-9-19-43(40)51-50(52-49)42-18-11-21-46-48(42)41-29-27-37(31-47(41)54-46)53-44-20-10-8-16-38(44)39-28-26-36(30-45(39)53)33-14-5-2-6-15-33/h1-31H. The molecule has 54 heavy (non-hydrogen) atoms. The zero-order chi connectivity index (χ0) is 35.6. The number of nitrogens with zero attached hydrogens (tertiary/aromatic N) is 3. The fourth-order valence-corrected chi connectivity index (χ4v) is 8.07. The Morgan fingerprint density at radius 1 is 0.389 bits per heavy atom. The third-order valence-electron chi connectivity index (χ3n) is 10.6. The first-order chi connectivity index (χ1) is 26.8. The van der Waals surface area contributed by atoms with Gasteiger partial charge in [-0.15, -0.1) is 0 Å². The third-order valence-corrected chi connectivity index (χ3v) is 10.6. The van der Waals surface area contributed by atoms with Crippen LogP contribution in [-0.2, 0) is 0 Å². The van der Waals surface area contributed by atoms with Crippen LogP contribution < -0.4 is 0 Å². The SMILES string of the molecule is c1ccc(-c2ccc(-c3nc(-c4cccc5oc6cc(-n7c8ccccc8c8ccc(-c9ccccc9)cc87)ccc6c45)nc4ccccc34)cc2)cc1. The molecule has 11 rings (SSSR count). The van der Waals surface area contributed by atoms with Gasteiger partial charge in [0.05, 0.1) is 22.2 Å². The van der Waals surface area contributed by atoms with Gasteiger partial charge in [0.15, 0.2) is 5.82 Å². The Kier molecular flexibility index (Phi) is 6.82. The van der Waals surface area contributed by atoms with Crippen molar-refractivity contribution in [1.82, 2.24) is 14.5 Å². The summed E-state index contributed by atoms with van der Waals surface area (Å²) in [6.45, 7) is 0. The molecule has 0 saturated carbocycles. The van der Waals surface area contributed by atoms with E-state index in [-0.39, 0.29) is 0 Å². The molecule has 4 nitrogen and oxygen atoms in total. The van der Waals surface area contributed by atoms with Crippen molar-refractivity contribution in [3.8, 4) is 50.6 Å². The molecular formula is C50H31N3O. The number of furan rings is 1. The van der Waals surface area contributed by atoms with Gasteiger partial charge in [-0.1, -0.05) is 146 Å². The molecule has 0 radical (unpaired) electrons. The number of rotatable bonds is 5. The van der Waals surface area contributed by atoms with Gasteiger partial charge in [-0.05, 0) is 58.7 Å². The van der Waals surface area contributed by atoms with E-state index in [1.165, 1.54) is 33.0 Å². The Morgan fingerprint density at radius 2 is 1.02 bits per heavy atom. The van der Waals surface area contributed by atoms with E-state index in [0.717, 1.165) is 66.4 Å². The number of fused-ring (bicyclic) bond motifs is 7. The first kappa shape index (κ1) is 30.3. The van der Waals surface area contributed by atoms with Gasteiger partial charge >= 0.3 is 0 Å². The first-order valence-electron chi connectivity index (χ1n) is 18.2. The van der Waals surface area contributed by atoms with Crippen molar-refractivity contribution >= 4 is 54.6 Å². The summed E-state index contributed by atoms with van der Waals surface area (Å²) >= 11 is 0. The molecule has 0 fully saturated rings. The quantitative estimate of drug-likeness (QED) is 0.181. The van der Waals surface area contributed by atoms with Crippen LogP contribution >= 0.6 is 0 Å². The average molecular weight is 690 g/mol. The Labute approximate surface area is 311 Å². The number of para-hydroxylation sites is 2. The topological polar surface area (TPSA) is 43.9 Å². The highest BCUT2D eigenvalue weighted by molar-refractivity contribution is 6.14. The highest BCUT2D eigenvalue weighted by Gasteiger charge is 2.19. The van der Waals surface area contributed by atoms with E-state index >= 15 is 0 Å². The highest BCUT2D eigenvalue weighted by Crippen LogP contribution is 2.40. The lowest BCUT2D eigenvalue weighted by Gasteiger charge is -2.11. The van der Waals surface area contributed by atoms with E-state index < -0.39 is 0 Å². The van der Waals surface area contributed by atoms with Crippen LogP contribution in [0.25, 0.3) is 105 Å². The predicted octanol–water partition coefficient (Wildman–Crippen LogP) is 13.3.